The zero-order chi connectivity index (χ0) is 16.6. The lowest BCUT2D eigenvalue weighted by molar-refractivity contribution is 0.611. The van der Waals surface area contributed by atoms with Crippen LogP contribution < -0.4 is 0 Å². The molecule has 0 spiro atoms. The highest BCUT2D eigenvalue weighted by Crippen LogP contribution is 2.29. The highest BCUT2D eigenvalue weighted by Gasteiger charge is 2.19. The van der Waals surface area contributed by atoms with E-state index in [1.807, 2.05) is 39.0 Å². The molecule has 23 heavy (non-hydrogen) atoms. The molecule has 0 unspecified atom stereocenters. The van der Waals surface area contributed by atoms with E-state index in [9.17, 15) is 4.39 Å². The molecule has 3 aromatic rings. The first-order valence-electron chi connectivity index (χ1n) is 7.21. The molecule has 0 aliphatic rings. The third-order valence-electron chi connectivity index (χ3n) is 3.69. The van der Waals surface area contributed by atoms with Crippen molar-refractivity contribution in [2.45, 2.75) is 20.8 Å². The Kier molecular flexibility index (Phi) is 3.67. The molecular weight excluding hydrogens is 291 g/mol. The second-order valence-electron chi connectivity index (χ2n) is 5.51. The minimum Gasteiger partial charge on any atom is -0.209 e. The molecule has 0 N–H and O–H groups in total. The lowest BCUT2D eigenvalue weighted by atomic mass is 9.99. The highest BCUT2D eigenvalue weighted by molar-refractivity contribution is 5.67. The summed E-state index contributed by atoms with van der Waals surface area (Å²) in [6.07, 6.45) is 0. The van der Waals surface area contributed by atoms with E-state index < -0.39 is 5.82 Å². The van der Waals surface area contributed by atoms with E-state index in [-0.39, 0.29) is 11.5 Å². The fourth-order valence-corrected chi connectivity index (χ4v) is 2.85. The van der Waals surface area contributed by atoms with Gasteiger partial charge in [0.2, 0.25) is 0 Å². The average Bonchev–Trinajstić information content (AvgIpc) is 2.90. The second kappa shape index (κ2) is 5.65. The molecule has 5 heteroatoms. The van der Waals surface area contributed by atoms with E-state index in [0.717, 1.165) is 22.3 Å². The third-order valence-corrected chi connectivity index (χ3v) is 3.69. The number of halogens is 1. The van der Waals surface area contributed by atoms with Crippen LogP contribution in [0.25, 0.3) is 17.1 Å². The van der Waals surface area contributed by atoms with Crippen LogP contribution in [0.15, 0.2) is 36.4 Å². The molecule has 0 bridgehead atoms. The first-order valence-corrected chi connectivity index (χ1v) is 7.21. The van der Waals surface area contributed by atoms with Crippen molar-refractivity contribution in [3.63, 3.8) is 0 Å². The molecule has 114 valence electrons. The molecule has 0 saturated carbocycles. The molecule has 0 radical (unpaired) electrons. The van der Waals surface area contributed by atoms with Gasteiger partial charge in [-0.2, -0.15) is 10.2 Å². The maximum Gasteiger partial charge on any atom is 0.253 e. The minimum atomic E-state index is -0.412. The number of hydrogen-bond donors (Lipinski definition) is 0. The lowest BCUT2D eigenvalue weighted by Gasteiger charge is -2.12. The van der Waals surface area contributed by atoms with Gasteiger partial charge in [-0.3, -0.25) is 0 Å². The lowest BCUT2D eigenvalue weighted by Crippen LogP contribution is -2.04. The summed E-state index contributed by atoms with van der Waals surface area (Å²) in [4.78, 5) is 4.29. The number of aromatic nitrogens is 3. The maximum absolute atomic E-state index is 14.2. The van der Waals surface area contributed by atoms with Crippen molar-refractivity contribution in [2.24, 2.45) is 0 Å². The molecule has 1 aromatic heterocycles. The molecule has 2 aromatic carbocycles. The van der Waals surface area contributed by atoms with Gasteiger partial charge in [-0.05, 0) is 44.0 Å². The van der Waals surface area contributed by atoms with Crippen LogP contribution in [0, 0.1) is 37.9 Å². The van der Waals surface area contributed by atoms with Crippen LogP contribution in [-0.4, -0.2) is 14.8 Å². The van der Waals surface area contributed by atoms with Crippen molar-refractivity contribution < 1.29 is 4.39 Å². The minimum absolute atomic E-state index is 0.0163. The number of benzene rings is 2. The first kappa shape index (κ1) is 14.9. The van der Waals surface area contributed by atoms with Crippen LogP contribution in [0.4, 0.5) is 4.39 Å². The molecule has 0 saturated heterocycles. The maximum atomic E-state index is 14.2. The predicted molar refractivity (Wildman–Crippen MR) is 85.7 cm³/mol. The van der Waals surface area contributed by atoms with E-state index in [1.165, 1.54) is 10.7 Å². The van der Waals surface area contributed by atoms with Gasteiger partial charge in [-0.25, -0.2) is 9.07 Å². The number of nitrogens with zero attached hydrogens (tertiary/aromatic N) is 4. The summed E-state index contributed by atoms with van der Waals surface area (Å²) < 4.78 is 15.6. The summed E-state index contributed by atoms with van der Waals surface area (Å²) in [6, 6.07) is 12.3. The van der Waals surface area contributed by atoms with Crippen molar-refractivity contribution in [1.29, 1.82) is 5.26 Å². The van der Waals surface area contributed by atoms with Gasteiger partial charge >= 0.3 is 0 Å². The van der Waals surface area contributed by atoms with Crippen LogP contribution in [0.2, 0.25) is 0 Å². The van der Waals surface area contributed by atoms with E-state index in [1.54, 1.807) is 18.2 Å². The fraction of sp³-hybridized carbons (Fsp3) is 0.167. The molecule has 1 heterocycles. The molecular formula is C18H15FN4. The van der Waals surface area contributed by atoms with Gasteiger partial charge in [0.1, 0.15) is 17.6 Å². The van der Waals surface area contributed by atoms with Crippen molar-refractivity contribution in [1.82, 2.24) is 14.8 Å². The summed E-state index contributed by atoms with van der Waals surface area (Å²) in [6.45, 7) is 5.97. The number of rotatable bonds is 2. The van der Waals surface area contributed by atoms with Crippen molar-refractivity contribution >= 4 is 0 Å². The largest absolute Gasteiger partial charge is 0.253 e. The number of hydrogen-bond acceptors (Lipinski definition) is 3. The van der Waals surface area contributed by atoms with Gasteiger partial charge in [0.05, 0.1) is 0 Å². The van der Waals surface area contributed by atoms with Gasteiger partial charge in [-0.1, -0.05) is 29.8 Å². The van der Waals surface area contributed by atoms with Gasteiger partial charge < -0.3 is 0 Å². The van der Waals surface area contributed by atoms with Crippen LogP contribution >= 0.6 is 0 Å². The Morgan fingerprint density at radius 3 is 2.35 bits per heavy atom. The first-order chi connectivity index (χ1) is 11.0. The number of para-hydroxylation sites is 1. The highest BCUT2D eigenvalue weighted by atomic mass is 19.1. The van der Waals surface area contributed by atoms with Crippen molar-refractivity contribution in [2.75, 3.05) is 0 Å². The summed E-state index contributed by atoms with van der Waals surface area (Å²) in [5.41, 5.74) is 4.30. The quantitative estimate of drug-likeness (QED) is 0.722. The zero-order valence-electron chi connectivity index (χ0n) is 13.1. The monoisotopic (exact) mass is 306 g/mol. The predicted octanol–water partition coefficient (Wildman–Crippen LogP) is 3.87. The smallest absolute Gasteiger partial charge is 0.209 e. The summed E-state index contributed by atoms with van der Waals surface area (Å²) in [5, 5.41) is 13.3. The molecule has 3 rings (SSSR count). The van der Waals surface area contributed by atoms with E-state index in [2.05, 4.69) is 10.1 Å². The van der Waals surface area contributed by atoms with Crippen molar-refractivity contribution in [3.8, 4) is 23.1 Å². The van der Waals surface area contributed by atoms with E-state index in [0.29, 0.717) is 5.82 Å². The Balaban J connectivity index is 2.32. The van der Waals surface area contributed by atoms with Crippen LogP contribution in [0.3, 0.4) is 0 Å². The average molecular weight is 306 g/mol. The van der Waals surface area contributed by atoms with Gasteiger partial charge in [0.15, 0.2) is 5.82 Å². The number of nitriles is 1. The Bertz CT molecular complexity index is 911. The topological polar surface area (TPSA) is 54.5 Å². The normalized spacial score (nSPS) is 10.6. The van der Waals surface area contributed by atoms with Gasteiger partial charge in [0, 0.05) is 5.56 Å². The Labute approximate surface area is 133 Å². The number of aryl methyl sites for hydroxylation is 3. The summed E-state index contributed by atoms with van der Waals surface area (Å²) in [7, 11) is 0. The second-order valence-corrected chi connectivity index (χ2v) is 5.51. The third kappa shape index (κ3) is 2.59. The van der Waals surface area contributed by atoms with Crippen LogP contribution in [0.1, 0.15) is 22.5 Å². The molecule has 0 aliphatic heterocycles. The standard InChI is InChI=1S/C18H15FN4/c1-11-8-12(2)17(13(3)9-11)18-21-16(10-20)22-23(18)15-7-5-4-6-14(15)19/h4-9H,1-3H3. The summed E-state index contributed by atoms with van der Waals surface area (Å²) in [5.74, 6) is 0.0786. The van der Waals surface area contributed by atoms with Gasteiger partial charge in [0.25, 0.3) is 5.82 Å². The van der Waals surface area contributed by atoms with Gasteiger partial charge in [-0.15, -0.1) is 5.10 Å². The SMILES string of the molecule is Cc1cc(C)c(-c2nc(C#N)nn2-c2ccccc2F)c(C)c1. The zero-order valence-corrected chi connectivity index (χ0v) is 13.1. The summed E-state index contributed by atoms with van der Waals surface area (Å²) >= 11 is 0. The molecule has 0 amide bonds. The molecule has 0 aliphatic carbocycles. The Morgan fingerprint density at radius 2 is 1.74 bits per heavy atom. The Morgan fingerprint density at radius 1 is 1.09 bits per heavy atom. The Hall–Kier alpha value is -3.00. The van der Waals surface area contributed by atoms with Crippen LogP contribution in [-0.2, 0) is 0 Å². The molecule has 0 fully saturated rings. The van der Waals surface area contributed by atoms with E-state index in [4.69, 9.17) is 5.26 Å². The van der Waals surface area contributed by atoms with Crippen LogP contribution in [0.5, 0.6) is 0 Å². The molecule has 4 nitrogen and oxygen atoms in total. The molecule has 0 atom stereocenters. The fourth-order valence-electron chi connectivity index (χ4n) is 2.85. The van der Waals surface area contributed by atoms with Crippen molar-refractivity contribution in [3.05, 3.63) is 64.7 Å². The van der Waals surface area contributed by atoms with E-state index >= 15 is 0 Å².